The normalized spacial score (nSPS) is 20.6. The van der Waals surface area contributed by atoms with Crippen molar-refractivity contribution in [1.82, 2.24) is 4.90 Å². The van der Waals surface area contributed by atoms with Crippen LogP contribution in [0.5, 0.6) is 0 Å². The van der Waals surface area contributed by atoms with E-state index in [0.29, 0.717) is 24.8 Å². The number of aliphatic hydroxyl groups is 1. The molecule has 2 rings (SSSR count). The van der Waals surface area contributed by atoms with Gasteiger partial charge in [-0.1, -0.05) is 13.0 Å². The van der Waals surface area contributed by atoms with Gasteiger partial charge in [-0.15, -0.1) is 0 Å². The van der Waals surface area contributed by atoms with Gasteiger partial charge >= 0.3 is 12.1 Å². The zero-order valence-electron chi connectivity index (χ0n) is 19.7. The van der Waals surface area contributed by atoms with Gasteiger partial charge < -0.3 is 24.2 Å². The molecule has 1 fully saturated rings. The van der Waals surface area contributed by atoms with E-state index in [2.05, 4.69) is 0 Å². The van der Waals surface area contributed by atoms with Crippen LogP contribution in [0.25, 0.3) is 6.08 Å². The summed E-state index contributed by atoms with van der Waals surface area (Å²) in [6, 6.07) is 3.54. The fourth-order valence-electron chi connectivity index (χ4n) is 3.91. The molecule has 0 bridgehead atoms. The van der Waals surface area contributed by atoms with E-state index in [1.807, 2.05) is 6.92 Å². The number of halogens is 1. The second kappa shape index (κ2) is 10.9. The number of methoxy groups -OCH3 is 2. The quantitative estimate of drug-likeness (QED) is 0.510. The highest BCUT2D eigenvalue weighted by Crippen LogP contribution is 2.33. The van der Waals surface area contributed by atoms with Gasteiger partial charge in [0.15, 0.2) is 6.29 Å². The molecule has 1 heterocycles. The predicted molar refractivity (Wildman–Crippen MR) is 118 cm³/mol. The number of carbonyl (C=O) groups is 2. The first-order valence-corrected chi connectivity index (χ1v) is 10.8. The highest BCUT2D eigenvalue weighted by molar-refractivity contribution is 5.93. The van der Waals surface area contributed by atoms with Crippen molar-refractivity contribution in [3.63, 3.8) is 0 Å². The molecule has 1 aliphatic heterocycles. The Kier molecular flexibility index (Phi) is 8.81. The molecule has 1 amide bonds. The molecular weight excluding hydrogens is 417 g/mol. The lowest BCUT2D eigenvalue weighted by Gasteiger charge is -2.42. The number of esters is 1. The minimum absolute atomic E-state index is 0.243. The maximum Gasteiger partial charge on any atom is 0.410 e. The Hall–Kier alpha value is -2.45. The third kappa shape index (κ3) is 6.53. The van der Waals surface area contributed by atoms with Crippen LogP contribution in [0.15, 0.2) is 23.8 Å². The number of amides is 1. The van der Waals surface area contributed by atoms with Crippen molar-refractivity contribution < 1.29 is 33.3 Å². The standard InChI is InChI=1S/C24H34FNO6/c1-7-15(12-17-13-18(25)9-10-19(17)22(28)31-6)20-11-8-16(21(27)30-5)14-26(20)23(29)32-24(2,3)4/h9-10,12-13,16,20-21,27H,7-8,11,14H2,1-6H3. The summed E-state index contributed by atoms with van der Waals surface area (Å²) in [5.74, 6) is -1.31. The monoisotopic (exact) mass is 451 g/mol. The lowest BCUT2D eigenvalue weighted by molar-refractivity contribution is -0.128. The number of piperidine rings is 1. The summed E-state index contributed by atoms with van der Waals surface area (Å²) in [5, 5.41) is 10.2. The Morgan fingerprint density at radius 1 is 1.28 bits per heavy atom. The molecule has 0 radical (unpaired) electrons. The van der Waals surface area contributed by atoms with Crippen LogP contribution in [0.1, 0.15) is 62.9 Å². The van der Waals surface area contributed by atoms with Gasteiger partial charge in [-0.05, 0) is 69.4 Å². The summed E-state index contributed by atoms with van der Waals surface area (Å²) >= 11 is 0. The molecule has 0 saturated carbocycles. The van der Waals surface area contributed by atoms with Crippen LogP contribution in [-0.2, 0) is 14.2 Å². The second-order valence-electron chi connectivity index (χ2n) is 8.91. The zero-order valence-corrected chi connectivity index (χ0v) is 19.7. The fraction of sp³-hybridized carbons (Fsp3) is 0.583. The minimum atomic E-state index is -0.996. The van der Waals surface area contributed by atoms with Gasteiger partial charge in [0, 0.05) is 19.6 Å². The Bertz CT molecular complexity index is 847. The van der Waals surface area contributed by atoms with E-state index in [-0.39, 0.29) is 24.1 Å². The first-order chi connectivity index (χ1) is 15.0. The summed E-state index contributed by atoms with van der Waals surface area (Å²) in [5.41, 5.74) is 0.784. The molecule has 178 valence electrons. The molecule has 1 saturated heterocycles. The maximum atomic E-state index is 14.0. The SMILES string of the molecule is CCC(=Cc1cc(F)ccc1C(=O)OC)C1CCC(C(O)OC)CN1C(=O)OC(C)(C)C. The number of rotatable bonds is 6. The fourth-order valence-corrected chi connectivity index (χ4v) is 3.91. The molecule has 1 N–H and O–H groups in total. The average Bonchev–Trinajstić information content (AvgIpc) is 2.74. The van der Waals surface area contributed by atoms with Crippen molar-refractivity contribution in [2.75, 3.05) is 20.8 Å². The molecule has 0 aliphatic carbocycles. The lowest BCUT2D eigenvalue weighted by atomic mass is 9.86. The third-order valence-electron chi connectivity index (χ3n) is 5.49. The van der Waals surface area contributed by atoms with E-state index in [9.17, 15) is 19.1 Å². The molecule has 0 spiro atoms. The highest BCUT2D eigenvalue weighted by atomic mass is 19.1. The van der Waals surface area contributed by atoms with Crippen LogP contribution in [0, 0.1) is 11.7 Å². The molecule has 32 heavy (non-hydrogen) atoms. The van der Waals surface area contributed by atoms with Gasteiger partial charge in [0.2, 0.25) is 0 Å². The van der Waals surface area contributed by atoms with Crippen molar-refractivity contribution in [2.45, 2.75) is 64.9 Å². The number of benzene rings is 1. The van der Waals surface area contributed by atoms with Crippen molar-refractivity contribution in [3.8, 4) is 0 Å². The first kappa shape index (κ1) is 25.8. The molecule has 3 atom stereocenters. The number of likely N-dealkylation sites (tertiary alicyclic amines) is 1. The van der Waals surface area contributed by atoms with E-state index >= 15 is 0 Å². The van der Waals surface area contributed by atoms with Crippen molar-refractivity contribution in [3.05, 3.63) is 40.7 Å². The number of ether oxygens (including phenoxy) is 3. The molecule has 8 heteroatoms. The Morgan fingerprint density at radius 3 is 2.53 bits per heavy atom. The number of hydrogen-bond acceptors (Lipinski definition) is 6. The largest absolute Gasteiger partial charge is 0.465 e. The van der Waals surface area contributed by atoms with E-state index in [4.69, 9.17) is 14.2 Å². The van der Waals surface area contributed by atoms with Crippen molar-refractivity contribution in [1.29, 1.82) is 0 Å². The van der Waals surface area contributed by atoms with E-state index in [1.54, 1.807) is 31.7 Å². The summed E-state index contributed by atoms with van der Waals surface area (Å²) in [7, 11) is 2.69. The van der Waals surface area contributed by atoms with Gasteiger partial charge in [-0.2, -0.15) is 0 Å². The van der Waals surface area contributed by atoms with E-state index in [1.165, 1.54) is 32.4 Å². The van der Waals surface area contributed by atoms with Crippen LogP contribution < -0.4 is 0 Å². The van der Waals surface area contributed by atoms with Crippen LogP contribution >= 0.6 is 0 Å². The third-order valence-corrected chi connectivity index (χ3v) is 5.49. The summed E-state index contributed by atoms with van der Waals surface area (Å²) in [6.45, 7) is 7.55. The average molecular weight is 452 g/mol. The topological polar surface area (TPSA) is 85.3 Å². The smallest absolute Gasteiger partial charge is 0.410 e. The van der Waals surface area contributed by atoms with Gasteiger partial charge in [0.25, 0.3) is 0 Å². The number of nitrogens with zero attached hydrogens (tertiary/aromatic N) is 1. The van der Waals surface area contributed by atoms with Crippen LogP contribution in [0.3, 0.4) is 0 Å². The molecule has 0 aromatic heterocycles. The Balaban J connectivity index is 2.46. The maximum absolute atomic E-state index is 14.0. The second-order valence-corrected chi connectivity index (χ2v) is 8.91. The van der Waals surface area contributed by atoms with E-state index < -0.39 is 29.8 Å². The van der Waals surface area contributed by atoms with Gasteiger partial charge in [-0.25, -0.2) is 14.0 Å². The van der Waals surface area contributed by atoms with Gasteiger partial charge in [0.05, 0.1) is 18.7 Å². The van der Waals surface area contributed by atoms with Crippen LogP contribution in [-0.4, -0.2) is 60.8 Å². The van der Waals surface area contributed by atoms with Crippen LogP contribution in [0.4, 0.5) is 9.18 Å². The molecule has 1 aliphatic rings. The minimum Gasteiger partial charge on any atom is -0.465 e. The van der Waals surface area contributed by atoms with Crippen LogP contribution in [0.2, 0.25) is 0 Å². The summed E-state index contributed by atoms with van der Waals surface area (Å²) in [4.78, 5) is 26.8. The molecule has 1 aromatic carbocycles. The molecule has 1 aromatic rings. The lowest BCUT2D eigenvalue weighted by Crippen LogP contribution is -2.51. The van der Waals surface area contributed by atoms with Crippen molar-refractivity contribution in [2.24, 2.45) is 5.92 Å². The predicted octanol–water partition coefficient (Wildman–Crippen LogP) is 4.39. The van der Waals surface area contributed by atoms with E-state index in [0.717, 1.165) is 5.57 Å². The van der Waals surface area contributed by atoms with Crippen molar-refractivity contribution >= 4 is 18.1 Å². The number of aliphatic hydroxyl groups excluding tert-OH is 1. The molecule has 7 nitrogen and oxygen atoms in total. The highest BCUT2D eigenvalue weighted by Gasteiger charge is 2.38. The molecule has 3 unspecified atom stereocenters. The summed E-state index contributed by atoms with van der Waals surface area (Å²) < 4.78 is 29.5. The van der Waals surface area contributed by atoms with Gasteiger partial charge in [-0.3, -0.25) is 0 Å². The number of hydrogen-bond donors (Lipinski definition) is 1. The zero-order chi connectivity index (χ0) is 24.1. The van der Waals surface area contributed by atoms with Gasteiger partial charge in [0.1, 0.15) is 11.4 Å². The molecular formula is C24H34FNO6. The summed E-state index contributed by atoms with van der Waals surface area (Å²) in [6.07, 6.45) is 2.01. The Morgan fingerprint density at radius 2 is 1.97 bits per heavy atom. The first-order valence-electron chi connectivity index (χ1n) is 10.8. The Labute approximate surface area is 189 Å². The number of carbonyl (C=O) groups excluding carboxylic acids is 2.